The number of hydrogen-bond acceptors (Lipinski definition) is 3. The summed E-state index contributed by atoms with van der Waals surface area (Å²) in [5, 5.41) is 9.33. The van der Waals surface area contributed by atoms with E-state index in [0.717, 1.165) is 18.8 Å². The zero-order valence-electron chi connectivity index (χ0n) is 12.6. The second-order valence-electron chi connectivity index (χ2n) is 6.58. The van der Waals surface area contributed by atoms with Crippen LogP contribution in [-0.4, -0.2) is 34.0 Å². The van der Waals surface area contributed by atoms with Crippen molar-refractivity contribution < 1.29 is 9.90 Å². The second kappa shape index (κ2) is 5.92. The highest BCUT2D eigenvalue weighted by Crippen LogP contribution is 2.23. The van der Waals surface area contributed by atoms with E-state index in [4.69, 9.17) is 0 Å². The second-order valence-corrected chi connectivity index (χ2v) is 6.58. The molecule has 1 fully saturated rings. The number of aromatic nitrogens is 1. The van der Waals surface area contributed by atoms with E-state index in [9.17, 15) is 9.90 Å². The molecule has 0 aromatic carbocycles. The Kier molecular flexibility index (Phi) is 4.43. The Morgan fingerprint density at radius 3 is 2.45 bits per heavy atom. The lowest BCUT2D eigenvalue weighted by Gasteiger charge is -2.27. The van der Waals surface area contributed by atoms with Gasteiger partial charge in [-0.1, -0.05) is 27.2 Å². The fourth-order valence-electron chi connectivity index (χ4n) is 2.56. The van der Waals surface area contributed by atoms with Crippen LogP contribution < -0.4 is 0 Å². The van der Waals surface area contributed by atoms with Crippen molar-refractivity contribution in [1.29, 1.82) is 0 Å². The van der Waals surface area contributed by atoms with Gasteiger partial charge in [0.05, 0.1) is 11.3 Å². The number of nitrogens with zero attached hydrogens (tertiary/aromatic N) is 2. The molecular weight excluding hydrogens is 252 g/mol. The molecule has 0 amide bonds. The van der Waals surface area contributed by atoms with E-state index in [2.05, 4.69) is 30.7 Å². The van der Waals surface area contributed by atoms with Crippen molar-refractivity contribution in [2.75, 3.05) is 13.1 Å². The molecule has 1 saturated heterocycles. The first-order chi connectivity index (χ1) is 9.38. The Labute approximate surface area is 120 Å². The lowest BCUT2D eigenvalue weighted by molar-refractivity contribution is 0.0693. The van der Waals surface area contributed by atoms with Crippen LogP contribution in [0.3, 0.4) is 0 Å². The van der Waals surface area contributed by atoms with E-state index < -0.39 is 5.97 Å². The smallest absolute Gasteiger partial charge is 0.337 e. The summed E-state index contributed by atoms with van der Waals surface area (Å²) in [4.78, 5) is 18.3. The van der Waals surface area contributed by atoms with Gasteiger partial charge in [-0.2, -0.15) is 0 Å². The number of pyridine rings is 1. The summed E-state index contributed by atoms with van der Waals surface area (Å²) >= 11 is 0. The number of carboxylic acid groups (broad SMARTS) is 1. The number of rotatable bonds is 3. The van der Waals surface area contributed by atoms with Crippen LogP contribution in [0.1, 0.15) is 61.8 Å². The van der Waals surface area contributed by atoms with Gasteiger partial charge >= 0.3 is 5.97 Å². The van der Waals surface area contributed by atoms with Gasteiger partial charge in [0.2, 0.25) is 0 Å². The van der Waals surface area contributed by atoms with Crippen molar-refractivity contribution in [3.8, 4) is 0 Å². The molecule has 4 heteroatoms. The van der Waals surface area contributed by atoms with Gasteiger partial charge in [0.15, 0.2) is 0 Å². The van der Waals surface area contributed by atoms with Crippen molar-refractivity contribution in [3.05, 3.63) is 29.1 Å². The third-order valence-corrected chi connectivity index (χ3v) is 3.80. The van der Waals surface area contributed by atoms with E-state index >= 15 is 0 Å². The Balaban J connectivity index is 2.29. The third kappa shape index (κ3) is 3.57. The first-order valence-electron chi connectivity index (χ1n) is 7.34. The molecule has 0 radical (unpaired) electrons. The fraction of sp³-hybridized carbons (Fsp3) is 0.625. The standard InChI is InChI=1S/C16H24N2O2/c1-16(2,3)14-8-7-12(15(19)20)13(17-14)11-18-9-5-4-6-10-18/h7-8H,4-6,9-11H2,1-3H3,(H,19,20). The molecule has 0 unspecified atom stereocenters. The molecule has 1 aromatic heterocycles. The number of hydrogen-bond donors (Lipinski definition) is 1. The highest BCUT2D eigenvalue weighted by atomic mass is 16.4. The summed E-state index contributed by atoms with van der Waals surface area (Å²) in [6.07, 6.45) is 3.67. The maximum absolute atomic E-state index is 11.4. The molecule has 0 atom stereocenters. The maximum Gasteiger partial charge on any atom is 0.337 e. The quantitative estimate of drug-likeness (QED) is 0.922. The summed E-state index contributed by atoms with van der Waals surface area (Å²) in [5.74, 6) is -0.884. The minimum atomic E-state index is -0.884. The molecule has 20 heavy (non-hydrogen) atoms. The molecule has 0 bridgehead atoms. The average Bonchev–Trinajstić information content (AvgIpc) is 2.38. The zero-order chi connectivity index (χ0) is 14.8. The monoisotopic (exact) mass is 276 g/mol. The molecule has 0 aliphatic carbocycles. The summed E-state index contributed by atoms with van der Waals surface area (Å²) in [7, 11) is 0. The van der Waals surface area contributed by atoms with Crippen LogP contribution in [0, 0.1) is 0 Å². The van der Waals surface area contributed by atoms with Crippen molar-refractivity contribution in [2.24, 2.45) is 0 Å². The molecule has 1 aliphatic rings. The first-order valence-corrected chi connectivity index (χ1v) is 7.34. The Morgan fingerprint density at radius 1 is 1.25 bits per heavy atom. The Morgan fingerprint density at radius 2 is 1.90 bits per heavy atom. The largest absolute Gasteiger partial charge is 0.478 e. The van der Waals surface area contributed by atoms with Gasteiger partial charge in [-0.25, -0.2) is 4.79 Å². The van der Waals surface area contributed by atoms with E-state index in [1.807, 2.05) is 6.07 Å². The number of carboxylic acids is 1. The van der Waals surface area contributed by atoms with Crippen molar-refractivity contribution in [2.45, 2.75) is 52.0 Å². The van der Waals surface area contributed by atoms with Gasteiger partial charge in [-0.15, -0.1) is 0 Å². The van der Waals surface area contributed by atoms with Crippen LogP contribution in [0.2, 0.25) is 0 Å². The lowest BCUT2D eigenvalue weighted by atomic mass is 9.91. The third-order valence-electron chi connectivity index (χ3n) is 3.80. The average molecular weight is 276 g/mol. The van der Waals surface area contributed by atoms with Crippen LogP contribution in [0.4, 0.5) is 0 Å². The summed E-state index contributed by atoms with van der Waals surface area (Å²) < 4.78 is 0. The van der Waals surface area contributed by atoms with Crippen LogP contribution in [0.25, 0.3) is 0 Å². The van der Waals surface area contributed by atoms with Gasteiger partial charge in [-0.05, 0) is 38.1 Å². The van der Waals surface area contributed by atoms with E-state index in [0.29, 0.717) is 17.8 Å². The number of carbonyl (C=O) groups is 1. The van der Waals surface area contributed by atoms with E-state index in [1.54, 1.807) is 6.07 Å². The summed E-state index contributed by atoms with van der Waals surface area (Å²) in [6.45, 7) is 9.02. The summed E-state index contributed by atoms with van der Waals surface area (Å²) in [6, 6.07) is 3.54. The highest BCUT2D eigenvalue weighted by molar-refractivity contribution is 5.88. The maximum atomic E-state index is 11.4. The Hall–Kier alpha value is -1.42. The molecule has 4 nitrogen and oxygen atoms in total. The molecule has 0 spiro atoms. The molecule has 1 N–H and O–H groups in total. The molecule has 2 heterocycles. The SMILES string of the molecule is CC(C)(C)c1ccc(C(=O)O)c(CN2CCCCC2)n1. The number of likely N-dealkylation sites (tertiary alicyclic amines) is 1. The van der Waals surface area contributed by atoms with Crippen molar-refractivity contribution >= 4 is 5.97 Å². The normalized spacial score (nSPS) is 17.1. The highest BCUT2D eigenvalue weighted by Gasteiger charge is 2.21. The van der Waals surface area contributed by atoms with Crippen LogP contribution >= 0.6 is 0 Å². The van der Waals surface area contributed by atoms with Crippen LogP contribution in [-0.2, 0) is 12.0 Å². The van der Waals surface area contributed by atoms with Crippen LogP contribution in [0.15, 0.2) is 12.1 Å². The van der Waals surface area contributed by atoms with Gasteiger partial charge in [0, 0.05) is 17.7 Å². The van der Waals surface area contributed by atoms with Gasteiger partial charge in [0.1, 0.15) is 0 Å². The number of piperidine rings is 1. The lowest BCUT2D eigenvalue weighted by Crippen LogP contribution is -2.30. The molecule has 2 rings (SSSR count). The van der Waals surface area contributed by atoms with Gasteiger partial charge in [0.25, 0.3) is 0 Å². The van der Waals surface area contributed by atoms with E-state index in [-0.39, 0.29) is 5.41 Å². The molecule has 110 valence electrons. The minimum Gasteiger partial charge on any atom is -0.478 e. The minimum absolute atomic E-state index is 0.0618. The molecule has 0 saturated carbocycles. The first kappa shape index (κ1) is 15.0. The molecular formula is C16H24N2O2. The number of aromatic carboxylic acids is 1. The fourth-order valence-corrected chi connectivity index (χ4v) is 2.56. The van der Waals surface area contributed by atoms with Crippen molar-refractivity contribution in [1.82, 2.24) is 9.88 Å². The topological polar surface area (TPSA) is 53.4 Å². The van der Waals surface area contributed by atoms with Gasteiger partial charge < -0.3 is 5.11 Å². The molecule has 1 aromatic rings. The molecule has 1 aliphatic heterocycles. The van der Waals surface area contributed by atoms with Crippen molar-refractivity contribution in [3.63, 3.8) is 0 Å². The predicted octanol–water partition coefficient (Wildman–Crippen LogP) is 3.06. The Bertz CT molecular complexity index is 486. The predicted molar refractivity (Wildman–Crippen MR) is 79.0 cm³/mol. The van der Waals surface area contributed by atoms with Gasteiger partial charge in [-0.3, -0.25) is 9.88 Å². The van der Waals surface area contributed by atoms with Crippen LogP contribution in [0.5, 0.6) is 0 Å². The zero-order valence-corrected chi connectivity index (χ0v) is 12.6. The van der Waals surface area contributed by atoms with E-state index in [1.165, 1.54) is 19.3 Å². The summed E-state index contributed by atoms with van der Waals surface area (Å²) in [5.41, 5.74) is 1.93.